The van der Waals surface area contributed by atoms with Gasteiger partial charge in [-0.2, -0.15) is 0 Å². The zero-order valence-corrected chi connectivity index (χ0v) is 17.9. The van der Waals surface area contributed by atoms with Crippen LogP contribution in [0, 0.1) is 5.92 Å². The van der Waals surface area contributed by atoms with Crippen molar-refractivity contribution in [2.45, 2.75) is 51.3 Å². The van der Waals surface area contributed by atoms with Gasteiger partial charge < -0.3 is 4.90 Å². The lowest BCUT2D eigenvalue weighted by molar-refractivity contribution is -0.121. The van der Waals surface area contributed by atoms with Crippen molar-refractivity contribution >= 4 is 27.3 Å². The van der Waals surface area contributed by atoms with Crippen molar-refractivity contribution in [3.05, 3.63) is 53.6 Å². The quantitative estimate of drug-likeness (QED) is 0.812. The number of nitrogens with one attached hydrogen (secondary N) is 1. The van der Waals surface area contributed by atoms with Crippen molar-refractivity contribution in [3.8, 4) is 0 Å². The Hall–Kier alpha value is -2.34. The highest BCUT2D eigenvalue weighted by molar-refractivity contribution is 7.92. The molecule has 0 aliphatic carbocycles. The number of nitrogens with zero attached hydrogens (tertiary/aromatic N) is 1. The van der Waals surface area contributed by atoms with E-state index in [4.69, 9.17) is 0 Å². The number of sulfonamides is 1. The van der Waals surface area contributed by atoms with E-state index in [0.717, 1.165) is 23.2 Å². The van der Waals surface area contributed by atoms with E-state index in [9.17, 15) is 13.2 Å². The van der Waals surface area contributed by atoms with Crippen molar-refractivity contribution in [2.24, 2.45) is 5.92 Å². The summed E-state index contributed by atoms with van der Waals surface area (Å²) in [5, 5.41) is 0. The number of anilines is 2. The maximum Gasteiger partial charge on any atom is 0.261 e. The molecule has 0 unspecified atom stereocenters. The molecule has 2 aromatic rings. The Morgan fingerprint density at radius 1 is 1.18 bits per heavy atom. The van der Waals surface area contributed by atoms with Crippen LogP contribution in [0.25, 0.3) is 0 Å². The van der Waals surface area contributed by atoms with Gasteiger partial charge in [-0.1, -0.05) is 46.8 Å². The van der Waals surface area contributed by atoms with E-state index in [1.54, 1.807) is 29.2 Å². The van der Waals surface area contributed by atoms with Gasteiger partial charge in [0.2, 0.25) is 5.91 Å². The first-order chi connectivity index (χ1) is 13.0. The number of carbonyl (C=O) groups is 1. The van der Waals surface area contributed by atoms with E-state index in [1.807, 2.05) is 52.8 Å². The molecular weight excluding hydrogens is 372 g/mol. The summed E-state index contributed by atoms with van der Waals surface area (Å²) in [5.41, 5.74) is 2.99. The normalized spacial score (nSPS) is 15.6. The molecule has 2 aromatic carbocycles. The first-order valence-electron chi connectivity index (χ1n) is 9.63. The molecule has 0 spiro atoms. The smallest absolute Gasteiger partial charge is 0.261 e. The fourth-order valence-electron chi connectivity index (χ4n) is 3.60. The average molecular weight is 401 g/mol. The topological polar surface area (TPSA) is 66.5 Å². The summed E-state index contributed by atoms with van der Waals surface area (Å²) in [4.78, 5) is 14.6. The lowest BCUT2D eigenvalue weighted by Gasteiger charge is -2.22. The van der Waals surface area contributed by atoms with Gasteiger partial charge in [0.1, 0.15) is 0 Å². The number of fused-ring (bicyclic) bond motifs is 1. The molecule has 1 aliphatic heterocycles. The molecule has 6 heteroatoms. The monoisotopic (exact) mass is 400 g/mol. The molecule has 0 saturated carbocycles. The van der Waals surface area contributed by atoms with Crippen molar-refractivity contribution in [1.29, 1.82) is 0 Å². The van der Waals surface area contributed by atoms with E-state index in [1.165, 1.54) is 0 Å². The van der Waals surface area contributed by atoms with Crippen LogP contribution >= 0.6 is 0 Å². The summed E-state index contributed by atoms with van der Waals surface area (Å²) in [7, 11) is -3.72. The van der Waals surface area contributed by atoms with Crippen LogP contribution < -0.4 is 9.62 Å². The molecule has 0 fully saturated rings. The first kappa shape index (κ1) is 20.4. The third-order valence-corrected chi connectivity index (χ3v) is 6.58. The molecule has 1 amide bonds. The van der Waals surface area contributed by atoms with Crippen LogP contribution in [0.5, 0.6) is 0 Å². The van der Waals surface area contributed by atoms with Gasteiger partial charge in [-0.25, -0.2) is 8.42 Å². The summed E-state index contributed by atoms with van der Waals surface area (Å²) < 4.78 is 28.6. The number of carbonyl (C=O) groups excluding carboxylic acids is 1. The van der Waals surface area contributed by atoms with Gasteiger partial charge in [0.15, 0.2) is 0 Å². The number of aryl methyl sites for hydroxylation is 1. The number of rotatable bonds is 5. The molecule has 28 heavy (non-hydrogen) atoms. The molecule has 0 atom stereocenters. The highest BCUT2D eigenvalue weighted by Gasteiger charge is 2.39. The summed E-state index contributed by atoms with van der Waals surface area (Å²) in [6, 6.07) is 12.4. The largest absolute Gasteiger partial charge is 0.311 e. The molecule has 1 heterocycles. The highest BCUT2D eigenvalue weighted by Crippen LogP contribution is 2.42. The SMILES string of the molecule is CCc1cccc(NS(=O)(=O)c2ccc3c(c2)C(C)(C)CN3C(=O)C(C)C)c1. The average Bonchev–Trinajstić information content (AvgIpc) is 2.91. The zero-order chi connectivity index (χ0) is 20.7. The van der Waals surface area contributed by atoms with Crippen molar-refractivity contribution in [2.75, 3.05) is 16.2 Å². The molecule has 5 nitrogen and oxygen atoms in total. The van der Waals surface area contributed by atoms with Crippen molar-refractivity contribution in [3.63, 3.8) is 0 Å². The van der Waals surface area contributed by atoms with Crippen LogP contribution in [-0.2, 0) is 26.7 Å². The minimum atomic E-state index is -3.72. The van der Waals surface area contributed by atoms with Crippen LogP contribution in [-0.4, -0.2) is 20.9 Å². The predicted molar refractivity (Wildman–Crippen MR) is 113 cm³/mol. The van der Waals surface area contributed by atoms with E-state index in [0.29, 0.717) is 12.2 Å². The Kier molecular flexibility index (Phi) is 5.28. The Labute approximate surface area is 167 Å². The highest BCUT2D eigenvalue weighted by atomic mass is 32.2. The maximum absolute atomic E-state index is 12.9. The molecular formula is C22H28N2O3S. The summed E-state index contributed by atoms with van der Waals surface area (Å²) in [6.07, 6.45) is 0.836. The van der Waals surface area contributed by atoms with Crippen LogP contribution in [0.3, 0.4) is 0 Å². The van der Waals surface area contributed by atoms with E-state index >= 15 is 0 Å². The number of hydrogen-bond donors (Lipinski definition) is 1. The predicted octanol–water partition coefficient (Wildman–Crippen LogP) is 4.33. The number of hydrogen-bond acceptors (Lipinski definition) is 3. The lowest BCUT2D eigenvalue weighted by atomic mass is 9.87. The minimum absolute atomic E-state index is 0.0527. The van der Waals surface area contributed by atoms with Gasteiger partial charge in [-0.05, 0) is 47.9 Å². The van der Waals surface area contributed by atoms with Gasteiger partial charge in [0.25, 0.3) is 10.0 Å². The molecule has 0 aromatic heterocycles. The van der Waals surface area contributed by atoms with E-state index in [2.05, 4.69) is 4.72 Å². The maximum atomic E-state index is 12.9. The second-order valence-electron chi connectivity index (χ2n) is 8.30. The number of amides is 1. The Bertz CT molecular complexity index is 1010. The fourth-order valence-corrected chi connectivity index (χ4v) is 4.68. The fraction of sp³-hybridized carbons (Fsp3) is 0.409. The van der Waals surface area contributed by atoms with E-state index in [-0.39, 0.29) is 22.1 Å². The molecule has 0 saturated heterocycles. The Morgan fingerprint density at radius 3 is 2.54 bits per heavy atom. The van der Waals surface area contributed by atoms with Crippen molar-refractivity contribution < 1.29 is 13.2 Å². The van der Waals surface area contributed by atoms with Crippen LogP contribution in [0.2, 0.25) is 0 Å². The Morgan fingerprint density at radius 2 is 1.89 bits per heavy atom. The van der Waals surface area contributed by atoms with Gasteiger partial charge in [0, 0.05) is 29.3 Å². The van der Waals surface area contributed by atoms with Gasteiger partial charge >= 0.3 is 0 Å². The summed E-state index contributed by atoms with van der Waals surface area (Å²) in [5.74, 6) is -0.0606. The summed E-state index contributed by atoms with van der Waals surface area (Å²) >= 11 is 0. The standard InChI is InChI=1S/C22H28N2O3S/c1-6-16-8-7-9-17(12-16)23-28(26,27)18-10-11-20-19(13-18)22(4,5)14-24(20)21(25)15(2)3/h7-13,15,23H,6,14H2,1-5H3. The van der Waals surface area contributed by atoms with E-state index < -0.39 is 10.0 Å². The second-order valence-corrected chi connectivity index (χ2v) is 9.98. The molecule has 0 radical (unpaired) electrons. The van der Waals surface area contributed by atoms with Crippen molar-refractivity contribution in [1.82, 2.24) is 0 Å². The molecule has 3 rings (SSSR count). The molecule has 0 bridgehead atoms. The Balaban J connectivity index is 1.97. The third-order valence-electron chi connectivity index (χ3n) is 5.20. The van der Waals surface area contributed by atoms with Crippen LogP contribution in [0.4, 0.5) is 11.4 Å². The third kappa shape index (κ3) is 3.78. The molecule has 150 valence electrons. The van der Waals surface area contributed by atoms with Gasteiger partial charge in [0.05, 0.1) is 4.90 Å². The minimum Gasteiger partial charge on any atom is -0.311 e. The second kappa shape index (κ2) is 7.24. The zero-order valence-electron chi connectivity index (χ0n) is 17.1. The van der Waals surface area contributed by atoms with Crippen LogP contribution in [0.15, 0.2) is 47.4 Å². The van der Waals surface area contributed by atoms with Gasteiger partial charge in [-0.3, -0.25) is 9.52 Å². The van der Waals surface area contributed by atoms with Crippen LogP contribution in [0.1, 0.15) is 45.7 Å². The summed E-state index contributed by atoms with van der Waals surface area (Å²) in [6.45, 7) is 10.4. The molecule has 1 N–H and O–H groups in total. The number of benzene rings is 2. The first-order valence-corrected chi connectivity index (χ1v) is 11.1. The lowest BCUT2D eigenvalue weighted by Crippen LogP contribution is -2.36. The molecule has 1 aliphatic rings. The van der Waals surface area contributed by atoms with Gasteiger partial charge in [-0.15, -0.1) is 0 Å².